The lowest BCUT2D eigenvalue weighted by Gasteiger charge is -2.28. The standard InChI is InChI=1S/C18H27NO5S/c1-6-10-16(24-25(5,21)22)15(13-14-11-8-7-9-12-14)19-17(20)23-18(2,3)4/h6-9,11-12,15-16H,1,10,13H2,2-5H3,(H,19,20)/t15-,16?/m0/s1. The summed E-state index contributed by atoms with van der Waals surface area (Å²) in [4.78, 5) is 12.2. The van der Waals surface area contributed by atoms with E-state index in [4.69, 9.17) is 8.92 Å². The van der Waals surface area contributed by atoms with E-state index in [0.29, 0.717) is 6.42 Å². The van der Waals surface area contributed by atoms with Crippen molar-refractivity contribution in [3.8, 4) is 0 Å². The maximum atomic E-state index is 12.2. The van der Waals surface area contributed by atoms with Gasteiger partial charge in [0.1, 0.15) is 11.7 Å². The average Bonchev–Trinajstić information content (AvgIpc) is 2.44. The molecule has 0 saturated heterocycles. The number of amides is 1. The molecule has 1 rings (SSSR count). The number of nitrogens with one attached hydrogen (secondary N) is 1. The van der Waals surface area contributed by atoms with Crippen LogP contribution in [0.4, 0.5) is 4.79 Å². The molecule has 0 spiro atoms. The fourth-order valence-electron chi connectivity index (χ4n) is 2.26. The Hall–Kier alpha value is -1.86. The van der Waals surface area contributed by atoms with Gasteiger partial charge < -0.3 is 10.1 Å². The first-order chi connectivity index (χ1) is 11.5. The maximum Gasteiger partial charge on any atom is 0.407 e. The third-order valence-electron chi connectivity index (χ3n) is 3.15. The monoisotopic (exact) mass is 369 g/mol. The zero-order chi connectivity index (χ0) is 19.1. The first-order valence-corrected chi connectivity index (χ1v) is 9.84. The van der Waals surface area contributed by atoms with Crippen LogP contribution < -0.4 is 5.32 Å². The van der Waals surface area contributed by atoms with Crippen molar-refractivity contribution in [2.45, 2.75) is 51.4 Å². The Morgan fingerprint density at radius 1 is 1.28 bits per heavy atom. The Morgan fingerprint density at radius 3 is 2.36 bits per heavy atom. The smallest absolute Gasteiger partial charge is 0.407 e. The second kappa shape index (κ2) is 9.01. The SMILES string of the molecule is C=CCC(OS(C)(=O)=O)[C@H](Cc1ccccc1)NC(=O)OC(C)(C)C. The minimum atomic E-state index is -3.69. The number of rotatable bonds is 8. The van der Waals surface area contributed by atoms with Crippen LogP contribution in [0.2, 0.25) is 0 Å². The van der Waals surface area contributed by atoms with Gasteiger partial charge in [0.15, 0.2) is 0 Å². The minimum Gasteiger partial charge on any atom is -0.444 e. The molecule has 2 atom stereocenters. The lowest BCUT2D eigenvalue weighted by molar-refractivity contribution is 0.0449. The zero-order valence-corrected chi connectivity index (χ0v) is 16.0. The van der Waals surface area contributed by atoms with E-state index >= 15 is 0 Å². The van der Waals surface area contributed by atoms with Gasteiger partial charge in [0.05, 0.1) is 12.3 Å². The van der Waals surface area contributed by atoms with E-state index in [0.717, 1.165) is 11.8 Å². The van der Waals surface area contributed by atoms with Crippen molar-refractivity contribution in [1.82, 2.24) is 5.32 Å². The molecular formula is C18H27NO5S. The number of carbonyl (C=O) groups excluding carboxylic acids is 1. The molecule has 0 aliphatic rings. The largest absolute Gasteiger partial charge is 0.444 e. The topological polar surface area (TPSA) is 81.7 Å². The Kier molecular flexibility index (Phi) is 7.63. The van der Waals surface area contributed by atoms with Crippen LogP contribution >= 0.6 is 0 Å². The summed E-state index contributed by atoms with van der Waals surface area (Å²) in [5.41, 5.74) is 0.280. The van der Waals surface area contributed by atoms with E-state index in [-0.39, 0.29) is 6.42 Å². The van der Waals surface area contributed by atoms with Crippen LogP contribution in [0.5, 0.6) is 0 Å². The molecule has 0 aliphatic carbocycles. The Morgan fingerprint density at radius 2 is 1.88 bits per heavy atom. The van der Waals surface area contributed by atoms with Crippen molar-refractivity contribution in [1.29, 1.82) is 0 Å². The highest BCUT2D eigenvalue weighted by Crippen LogP contribution is 2.16. The average molecular weight is 369 g/mol. The molecule has 25 heavy (non-hydrogen) atoms. The minimum absolute atomic E-state index is 0.264. The molecule has 0 bridgehead atoms. The third-order valence-corrected chi connectivity index (χ3v) is 3.74. The number of hydrogen-bond acceptors (Lipinski definition) is 5. The lowest BCUT2D eigenvalue weighted by atomic mass is 9.99. The summed E-state index contributed by atoms with van der Waals surface area (Å²) in [5, 5.41) is 2.73. The summed E-state index contributed by atoms with van der Waals surface area (Å²) < 4.78 is 33.6. The highest BCUT2D eigenvalue weighted by atomic mass is 32.2. The van der Waals surface area contributed by atoms with Crippen LogP contribution in [0.15, 0.2) is 43.0 Å². The number of carbonyl (C=O) groups is 1. The van der Waals surface area contributed by atoms with Crippen molar-refractivity contribution in [2.24, 2.45) is 0 Å². The van der Waals surface area contributed by atoms with Gasteiger partial charge in [0.2, 0.25) is 0 Å². The quantitative estimate of drug-likeness (QED) is 0.563. The van der Waals surface area contributed by atoms with E-state index < -0.39 is 34.0 Å². The summed E-state index contributed by atoms with van der Waals surface area (Å²) in [6.45, 7) is 8.91. The number of hydrogen-bond donors (Lipinski definition) is 1. The zero-order valence-electron chi connectivity index (χ0n) is 15.2. The van der Waals surface area contributed by atoms with E-state index in [9.17, 15) is 13.2 Å². The van der Waals surface area contributed by atoms with Crippen molar-refractivity contribution < 1.29 is 22.1 Å². The molecule has 0 heterocycles. The van der Waals surface area contributed by atoms with Gasteiger partial charge in [-0.15, -0.1) is 6.58 Å². The summed E-state index contributed by atoms with van der Waals surface area (Å²) in [6.07, 6.45) is 1.80. The molecule has 1 aromatic rings. The molecule has 6 nitrogen and oxygen atoms in total. The molecule has 1 N–H and O–H groups in total. The molecule has 140 valence electrons. The predicted octanol–water partition coefficient (Wildman–Crippen LogP) is 3.04. The summed E-state index contributed by atoms with van der Waals surface area (Å²) >= 11 is 0. The van der Waals surface area contributed by atoms with Gasteiger partial charge in [0.25, 0.3) is 10.1 Å². The molecule has 0 saturated carbocycles. The first-order valence-electron chi connectivity index (χ1n) is 8.03. The van der Waals surface area contributed by atoms with Crippen LogP contribution in [-0.4, -0.2) is 38.5 Å². The van der Waals surface area contributed by atoms with Crippen molar-refractivity contribution in [2.75, 3.05) is 6.26 Å². The highest BCUT2D eigenvalue weighted by molar-refractivity contribution is 7.86. The Labute approximate surface area is 150 Å². The van der Waals surface area contributed by atoms with E-state index in [2.05, 4.69) is 11.9 Å². The number of benzene rings is 1. The van der Waals surface area contributed by atoms with Gasteiger partial charge in [-0.2, -0.15) is 8.42 Å². The molecule has 1 amide bonds. The normalized spacial score (nSPS) is 14.4. The van der Waals surface area contributed by atoms with Crippen molar-refractivity contribution in [3.63, 3.8) is 0 Å². The fraction of sp³-hybridized carbons (Fsp3) is 0.500. The van der Waals surface area contributed by atoms with Gasteiger partial charge in [0, 0.05) is 0 Å². The predicted molar refractivity (Wildman–Crippen MR) is 97.8 cm³/mol. The number of alkyl carbamates (subject to hydrolysis) is 1. The van der Waals surface area contributed by atoms with Gasteiger partial charge in [-0.25, -0.2) is 4.79 Å². The first kappa shape index (κ1) is 21.2. The molecule has 7 heteroatoms. The van der Waals surface area contributed by atoms with Crippen molar-refractivity contribution in [3.05, 3.63) is 48.6 Å². The van der Waals surface area contributed by atoms with Gasteiger partial charge >= 0.3 is 6.09 Å². The van der Waals surface area contributed by atoms with E-state index in [1.54, 1.807) is 26.8 Å². The van der Waals surface area contributed by atoms with Gasteiger partial charge in [-0.05, 0) is 39.2 Å². The molecule has 1 aromatic carbocycles. The summed E-state index contributed by atoms with van der Waals surface area (Å²) in [7, 11) is -3.69. The summed E-state index contributed by atoms with van der Waals surface area (Å²) in [6, 6.07) is 8.84. The van der Waals surface area contributed by atoms with Crippen LogP contribution in [0.3, 0.4) is 0 Å². The molecule has 0 radical (unpaired) electrons. The number of ether oxygens (including phenoxy) is 1. The second-order valence-electron chi connectivity index (χ2n) is 6.81. The second-order valence-corrected chi connectivity index (χ2v) is 8.41. The maximum absolute atomic E-state index is 12.2. The molecular weight excluding hydrogens is 342 g/mol. The Balaban J connectivity index is 3.02. The molecule has 0 aliphatic heterocycles. The molecule has 1 unspecified atom stereocenters. The van der Waals surface area contributed by atoms with Crippen LogP contribution in [0.25, 0.3) is 0 Å². The van der Waals surface area contributed by atoms with Crippen LogP contribution in [0.1, 0.15) is 32.8 Å². The third kappa shape index (κ3) is 9.26. The van der Waals surface area contributed by atoms with Crippen LogP contribution in [-0.2, 0) is 25.5 Å². The fourth-order valence-corrected chi connectivity index (χ4v) is 2.92. The van der Waals surface area contributed by atoms with Gasteiger partial charge in [-0.1, -0.05) is 36.4 Å². The van der Waals surface area contributed by atoms with Gasteiger partial charge in [-0.3, -0.25) is 4.18 Å². The highest BCUT2D eigenvalue weighted by Gasteiger charge is 2.28. The van der Waals surface area contributed by atoms with E-state index in [1.807, 2.05) is 30.3 Å². The van der Waals surface area contributed by atoms with Crippen molar-refractivity contribution >= 4 is 16.2 Å². The molecule has 0 aromatic heterocycles. The summed E-state index contributed by atoms with van der Waals surface area (Å²) in [5.74, 6) is 0. The molecule has 0 fully saturated rings. The lowest BCUT2D eigenvalue weighted by Crippen LogP contribution is -2.48. The van der Waals surface area contributed by atoms with Crippen LogP contribution in [0, 0.1) is 0 Å². The Bertz CT molecular complexity index is 664. The van der Waals surface area contributed by atoms with E-state index in [1.165, 1.54) is 0 Å².